The lowest BCUT2D eigenvalue weighted by atomic mass is 10.1. The summed E-state index contributed by atoms with van der Waals surface area (Å²) in [5.41, 5.74) is 7.48. The molecule has 0 spiro atoms. The Hall–Kier alpha value is -1.85. The summed E-state index contributed by atoms with van der Waals surface area (Å²) < 4.78 is 5.24. The van der Waals surface area contributed by atoms with Gasteiger partial charge in [-0.25, -0.2) is 0 Å². The van der Waals surface area contributed by atoms with Gasteiger partial charge in [0.2, 0.25) is 0 Å². The van der Waals surface area contributed by atoms with E-state index in [1.165, 1.54) is 0 Å². The number of hydrazine groups is 1. The molecule has 1 fully saturated rings. The maximum absolute atomic E-state index is 11.8. The highest BCUT2D eigenvalue weighted by atomic mass is 16.5. The normalized spacial score (nSPS) is 15.6. The summed E-state index contributed by atoms with van der Waals surface area (Å²) in [7, 11) is 0. The summed E-state index contributed by atoms with van der Waals surface area (Å²) in [5.74, 6) is -0.0545. The summed E-state index contributed by atoms with van der Waals surface area (Å²) in [6, 6.07) is 10.0. The molecule has 1 aliphatic rings. The number of ether oxygens (including phenoxy) is 1. The van der Waals surface area contributed by atoms with E-state index >= 15 is 0 Å². The van der Waals surface area contributed by atoms with E-state index in [1.807, 2.05) is 30.3 Å². The average Bonchev–Trinajstić information content (AvgIpc) is 2.47. The Morgan fingerprint density at radius 3 is 2.60 bits per heavy atom. The summed E-state index contributed by atoms with van der Waals surface area (Å²) in [6.07, 6.45) is 0.693. The minimum absolute atomic E-state index is 0.0545. The van der Waals surface area contributed by atoms with Crippen LogP contribution in [-0.2, 0) is 16.0 Å². The van der Waals surface area contributed by atoms with Crippen molar-refractivity contribution in [3.05, 3.63) is 48.2 Å². The Morgan fingerprint density at radius 1 is 1.20 bits per heavy atom. The highest BCUT2D eigenvalue weighted by Crippen LogP contribution is 2.03. The van der Waals surface area contributed by atoms with Crippen molar-refractivity contribution in [1.82, 2.24) is 15.8 Å². The quantitative estimate of drug-likeness (QED) is 0.750. The van der Waals surface area contributed by atoms with Crippen LogP contribution >= 0.6 is 0 Å². The number of rotatable bonds is 6. The SMILES string of the molecule is C=C(Cc1ccccc1)NNC(=O)CN1CCOCC1. The van der Waals surface area contributed by atoms with Gasteiger partial charge in [-0.1, -0.05) is 36.9 Å². The van der Waals surface area contributed by atoms with Crippen LogP contribution in [-0.4, -0.2) is 43.7 Å². The van der Waals surface area contributed by atoms with E-state index < -0.39 is 0 Å². The van der Waals surface area contributed by atoms with Crippen LogP contribution in [0.2, 0.25) is 0 Å². The highest BCUT2D eigenvalue weighted by molar-refractivity contribution is 5.77. The van der Waals surface area contributed by atoms with E-state index in [9.17, 15) is 4.79 Å². The van der Waals surface area contributed by atoms with Gasteiger partial charge in [-0.15, -0.1) is 0 Å². The predicted octanol–water partition coefficient (Wildman–Crippen LogP) is 0.696. The molecule has 5 heteroatoms. The number of hydrogen-bond donors (Lipinski definition) is 2. The number of benzene rings is 1. The van der Waals surface area contributed by atoms with Crippen molar-refractivity contribution in [2.75, 3.05) is 32.8 Å². The van der Waals surface area contributed by atoms with Crippen molar-refractivity contribution in [1.29, 1.82) is 0 Å². The molecule has 1 aromatic carbocycles. The smallest absolute Gasteiger partial charge is 0.252 e. The van der Waals surface area contributed by atoms with Crippen molar-refractivity contribution in [2.24, 2.45) is 0 Å². The molecule has 108 valence electrons. The van der Waals surface area contributed by atoms with Gasteiger partial charge in [0.25, 0.3) is 5.91 Å². The van der Waals surface area contributed by atoms with E-state index in [-0.39, 0.29) is 5.91 Å². The lowest BCUT2D eigenvalue weighted by molar-refractivity contribution is -0.124. The lowest BCUT2D eigenvalue weighted by Gasteiger charge is -2.26. The number of morpholine rings is 1. The molecule has 1 saturated heterocycles. The van der Waals surface area contributed by atoms with E-state index in [4.69, 9.17) is 4.74 Å². The zero-order valence-electron chi connectivity index (χ0n) is 11.6. The molecule has 2 N–H and O–H groups in total. The third kappa shape index (κ3) is 5.03. The van der Waals surface area contributed by atoms with Crippen LogP contribution in [0.5, 0.6) is 0 Å². The second kappa shape index (κ2) is 7.67. The van der Waals surface area contributed by atoms with Crippen LogP contribution in [0.3, 0.4) is 0 Å². The van der Waals surface area contributed by atoms with Crippen molar-refractivity contribution in [2.45, 2.75) is 6.42 Å². The summed E-state index contributed by atoms with van der Waals surface area (Å²) in [6.45, 7) is 7.29. The minimum atomic E-state index is -0.0545. The number of carbonyl (C=O) groups is 1. The first-order valence-electron chi connectivity index (χ1n) is 6.81. The Morgan fingerprint density at radius 2 is 1.90 bits per heavy atom. The molecule has 1 amide bonds. The van der Waals surface area contributed by atoms with Gasteiger partial charge in [-0.05, 0) is 5.56 Å². The Balaban J connectivity index is 1.66. The second-order valence-electron chi connectivity index (χ2n) is 4.83. The van der Waals surface area contributed by atoms with Crippen LogP contribution < -0.4 is 10.9 Å². The summed E-state index contributed by atoms with van der Waals surface area (Å²) >= 11 is 0. The zero-order chi connectivity index (χ0) is 14.2. The molecule has 0 saturated carbocycles. The van der Waals surface area contributed by atoms with Crippen LogP contribution in [0.25, 0.3) is 0 Å². The molecule has 1 heterocycles. The van der Waals surface area contributed by atoms with Crippen molar-refractivity contribution >= 4 is 5.91 Å². The highest BCUT2D eigenvalue weighted by Gasteiger charge is 2.13. The summed E-state index contributed by atoms with van der Waals surface area (Å²) in [4.78, 5) is 13.8. The molecule has 20 heavy (non-hydrogen) atoms. The Bertz CT molecular complexity index is 442. The third-order valence-electron chi connectivity index (χ3n) is 3.11. The topological polar surface area (TPSA) is 53.6 Å². The molecule has 1 aliphatic heterocycles. The summed E-state index contributed by atoms with van der Waals surface area (Å²) in [5, 5.41) is 0. The van der Waals surface area contributed by atoms with Gasteiger partial charge in [-0.2, -0.15) is 0 Å². The number of carbonyl (C=O) groups excluding carboxylic acids is 1. The minimum Gasteiger partial charge on any atom is -0.379 e. The van der Waals surface area contributed by atoms with Gasteiger partial charge in [0, 0.05) is 25.2 Å². The fourth-order valence-corrected chi connectivity index (χ4v) is 2.05. The molecule has 0 radical (unpaired) electrons. The van der Waals surface area contributed by atoms with Gasteiger partial charge >= 0.3 is 0 Å². The fraction of sp³-hybridized carbons (Fsp3) is 0.400. The van der Waals surface area contributed by atoms with Crippen LogP contribution in [0.15, 0.2) is 42.6 Å². The van der Waals surface area contributed by atoms with E-state index in [0.717, 1.165) is 24.4 Å². The van der Waals surface area contributed by atoms with E-state index in [2.05, 4.69) is 22.3 Å². The first-order valence-corrected chi connectivity index (χ1v) is 6.81. The molecule has 0 aliphatic carbocycles. The van der Waals surface area contributed by atoms with Crippen LogP contribution in [0, 0.1) is 0 Å². The first-order chi connectivity index (χ1) is 9.74. The standard InChI is InChI=1S/C15H21N3O2/c1-13(11-14-5-3-2-4-6-14)16-17-15(19)12-18-7-9-20-10-8-18/h2-6,16H,1,7-12H2,(H,17,19). The lowest BCUT2D eigenvalue weighted by Crippen LogP contribution is -2.46. The predicted molar refractivity (Wildman–Crippen MR) is 77.8 cm³/mol. The molecule has 5 nitrogen and oxygen atoms in total. The van der Waals surface area contributed by atoms with Gasteiger partial charge < -0.3 is 10.2 Å². The van der Waals surface area contributed by atoms with E-state index in [0.29, 0.717) is 26.2 Å². The zero-order valence-corrected chi connectivity index (χ0v) is 11.6. The molecular weight excluding hydrogens is 254 g/mol. The van der Waals surface area contributed by atoms with Gasteiger partial charge in [-0.3, -0.25) is 15.1 Å². The first kappa shape index (κ1) is 14.6. The number of allylic oxidation sites excluding steroid dienone is 1. The van der Waals surface area contributed by atoms with Gasteiger partial charge in [0.1, 0.15) is 0 Å². The molecule has 2 rings (SSSR count). The van der Waals surface area contributed by atoms with E-state index in [1.54, 1.807) is 0 Å². The van der Waals surface area contributed by atoms with Crippen molar-refractivity contribution in [3.63, 3.8) is 0 Å². The maximum Gasteiger partial charge on any atom is 0.252 e. The monoisotopic (exact) mass is 275 g/mol. The van der Waals surface area contributed by atoms with Gasteiger partial charge in [0.05, 0.1) is 19.8 Å². The second-order valence-corrected chi connectivity index (χ2v) is 4.83. The largest absolute Gasteiger partial charge is 0.379 e. The molecule has 1 aromatic rings. The number of nitrogens with zero attached hydrogens (tertiary/aromatic N) is 1. The maximum atomic E-state index is 11.8. The molecule has 0 bridgehead atoms. The van der Waals surface area contributed by atoms with Crippen LogP contribution in [0.4, 0.5) is 0 Å². The molecular formula is C15H21N3O2. The van der Waals surface area contributed by atoms with Crippen molar-refractivity contribution in [3.8, 4) is 0 Å². The fourth-order valence-electron chi connectivity index (χ4n) is 2.05. The van der Waals surface area contributed by atoms with Gasteiger partial charge in [0.15, 0.2) is 0 Å². The molecule has 0 atom stereocenters. The Kier molecular flexibility index (Phi) is 5.58. The number of hydrogen-bond acceptors (Lipinski definition) is 4. The third-order valence-corrected chi connectivity index (χ3v) is 3.11. The molecule has 0 aromatic heterocycles. The van der Waals surface area contributed by atoms with Crippen LogP contribution in [0.1, 0.15) is 5.56 Å². The number of nitrogens with one attached hydrogen (secondary N) is 2. The number of amides is 1. The Labute approximate surface area is 119 Å². The van der Waals surface area contributed by atoms with Crippen molar-refractivity contribution < 1.29 is 9.53 Å². The average molecular weight is 275 g/mol. The molecule has 0 unspecified atom stereocenters.